The van der Waals surface area contributed by atoms with Gasteiger partial charge in [-0.2, -0.15) is 0 Å². The van der Waals surface area contributed by atoms with E-state index in [0.717, 1.165) is 24.2 Å². The lowest BCUT2D eigenvalue weighted by molar-refractivity contribution is 1.00. The molecule has 0 amide bonds. The molecule has 0 heterocycles. The first-order chi connectivity index (χ1) is 6.61. The minimum Gasteiger partial charge on any atom is -0.383 e. The second-order valence-electron chi connectivity index (χ2n) is 3.24. The Kier molecular flexibility index (Phi) is 4.30. The van der Waals surface area contributed by atoms with Crippen LogP contribution in [0.25, 0.3) is 0 Å². The Bertz CT molecular complexity index is 334. The summed E-state index contributed by atoms with van der Waals surface area (Å²) < 4.78 is 0. The monoisotopic (exact) mass is 229 g/mol. The zero-order chi connectivity index (χ0) is 10.6. The first-order valence-corrected chi connectivity index (χ1v) is 5.19. The minimum absolute atomic E-state index is 0.576. The summed E-state index contributed by atoms with van der Waals surface area (Å²) in [5.41, 5.74) is 2.02. The van der Waals surface area contributed by atoms with E-state index < -0.39 is 0 Å². The molecule has 14 heavy (non-hydrogen) atoms. The molecule has 0 saturated carbocycles. The third-order valence-electron chi connectivity index (χ3n) is 1.82. The second-order valence-corrected chi connectivity index (χ2v) is 4.02. The summed E-state index contributed by atoms with van der Waals surface area (Å²) in [5.74, 6) is 0. The van der Waals surface area contributed by atoms with Gasteiger partial charge in [0.15, 0.2) is 0 Å². The molecule has 0 aliphatic carbocycles. The van der Waals surface area contributed by atoms with Crippen LogP contribution < -0.4 is 5.32 Å². The molecule has 0 radical (unpaired) electrons. The number of benzene rings is 1. The van der Waals surface area contributed by atoms with Gasteiger partial charge in [0.25, 0.3) is 0 Å². The molecule has 0 aliphatic heterocycles. The summed E-state index contributed by atoms with van der Waals surface area (Å²) in [5, 5.41) is 4.36. The molecular weight excluding hydrogens is 217 g/mol. The first-order valence-electron chi connectivity index (χ1n) is 4.43. The van der Waals surface area contributed by atoms with Gasteiger partial charge in [0, 0.05) is 6.54 Å². The van der Waals surface area contributed by atoms with E-state index in [4.69, 9.17) is 23.2 Å². The molecule has 0 unspecified atom stereocenters. The maximum Gasteiger partial charge on any atom is 0.0823 e. The van der Waals surface area contributed by atoms with Gasteiger partial charge in [-0.25, -0.2) is 0 Å². The zero-order valence-electron chi connectivity index (χ0n) is 8.11. The normalized spacial score (nSPS) is 9.93. The van der Waals surface area contributed by atoms with Crippen LogP contribution >= 0.6 is 23.2 Å². The molecule has 0 fully saturated rings. The number of hydrogen-bond donors (Lipinski definition) is 1. The van der Waals surface area contributed by atoms with E-state index in [1.807, 2.05) is 19.1 Å². The lowest BCUT2D eigenvalue weighted by Crippen LogP contribution is -2.02. The van der Waals surface area contributed by atoms with Crippen LogP contribution in [0.5, 0.6) is 0 Å². The molecule has 0 saturated heterocycles. The standard InChI is InChI=1S/C11H13Cl2N/c1-8(2)6-7-14-10-5-3-4-9(12)11(10)13/h3-5,14H,1,6-7H2,2H3. The molecule has 3 heteroatoms. The molecule has 0 aromatic heterocycles. The van der Waals surface area contributed by atoms with Crippen molar-refractivity contribution in [1.82, 2.24) is 0 Å². The Morgan fingerprint density at radius 3 is 2.79 bits per heavy atom. The largest absolute Gasteiger partial charge is 0.383 e. The van der Waals surface area contributed by atoms with Crippen LogP contribution in [-0.2, 0) is 0 Å². The Balaban J connectivity index is 2.59. The van der Waals surface area contributed by atoms with Crippen LogP contribution in [0.1, 0.15) is 13.3 Å². The van der Waals surface area contributed by atoms with Gasteiger partial charge >= 0.3 is 0 Å². The van der Waals surface area contributed by atoms with Crippen molar-refractivity contribution in [2.45, 2.75) is 13.3 Å². The van der Waals surface area contributed by atoms with Crippen molar-refractivity contribution >= 4 is 28.9 Å². The van der Waals surface area contributed by atoms with Crippen LogP contribution in [0, 0.1) is 0 Å². The molecule has 1 aromatic carbocycles. The summed E-state index contributed by atoms with van der Waals surface area (Å²) in [4.78, 5) is 0. The van der Waals surface area contributed by atoms with Crippen LogP contribution in [0.15, 0.2) is 30.4 Å². The molecule has 1 nitrogen and oxygen atoms in total. The summed E-state index contributed by atoms with van der Waals surface area (Å²) >= 11 is 11.9. The van der Waals surface area contributed by atoms with Gasteiger partial charge in [0.1, 0.15) is 0 Å². The summed E-state index contributed by atoms with van der Waals surface area (Å²) in [6.07, 6.45) is 0.933. The molecule has 0 spiro atoms. The van der Waals surface area contributed by atoms with Crippen molar-refractivity contribution in [2.24, 2.45) is 0 Å². The summed E-state index contributed by atoms with van der Waals surface area (Å²) in [7, 11) is 0. The van der Waals surface area contributed by atoms with E-state index in [2.05, 4.69) is 11.9 Å². The van der Waals surface area contributed by atoms with E-state index in [0.29, 0.717) is 10.0 Å². The zero-order valence-corrected chi connectivity index (χ0v) is 9.62. The molecule has 1 rings (SSSR count). The maximum absolute atomic E-state index is 5.99. The van der Waals surface area contributed by atoms with Crippen molar-refractivity contribution in [3.05, 3.63) is 40.4 Å². The Hall–Kier alpha value is -0.660. The Morgan fingerprint density at radius 1 is 1.43 bits per heavy atom. The fourth-order valence-corrected chi connectivity index (χ4v) is 1.42. The number of rotatable bonds is 4. The third-order valence-corrected chi connectivity index (χ3v) is 2.64. The van der Waals surface area contributed by atoms with Crippen LogP contribution in [0.3, 0.4) is 0 Å². The quantitative estimate of drug-likeness (QED) is 0.757. The molecule has 76 valence electrons. The third kappa shape index (κ3) is 3.24. The molecule has 1 N–H and O–H groups in total. The van der Waals surface area contributed by atoms with Crippen molar-refractivity contribution in [3.8, 4) is 0 Å². The van der Waals surface area contributed by atoms with Crippen molar-refractivity contribution in [1.29, 1.82) is 0 Å². The lowest BCUT2D eigenvalue weighted by Gasteiger charge is -2.08. The number of anilines is 1. The van der Waals surface area contributed by atoms with E-state index in [-0.39, 0.29) is 0 Å². The number of nitrogens with one attached hydrogen (secondary N) is 1. The highest BCUT2D eigenvalue weighted by Gasteiger charge is 2.02. The fraction of sp³-hybridized carbons (Fsp3) is 0.273. The summed E-state index contributed by atoms with van der Waals surface area (Å²) in [6.45, 7) is 6.66. The van der Waals surface area contributed by atoms with Gasteiger partial charge in [-0.3, -0.25) is 0 Å². The number of halogens is 2. The summed E-state index contributed by atoms with van der Waals surface area (Å²) in [6, 6.07) is 5.55. The van der Waals surface area contributed by atoms with Crippen molar-refractivity contribution in [3.63, 3.8) is 0 Å². The van der Waals surface area contributed by atoms with Gasteiger partial charge in [0.2, 0.25) is 0 Å². The predicted molar refractivity (Wildman–Crippen MR) is 64.4 cm³/mol. The van der Waals surface area contributed by atoms with Gasteiger partial charge in [0.05, 0.1) is 15.7 Å². The first kappa shape index (κ1) is 11.4. The topological polar surface area (TPSA) is 12.0 Å². The van der Waals surface area contributed by atoms with Gasteiger partial charge in [-0.1, -0.05) is 34.8 Å². The smallest absolute Gasteiger partial charge is 0.0823 e. The average molecular weight is 230 g/mol. The van der Waals surface area contributed by atoms with E-state index in [1.165, 1.54) is 0 Å². The van der Waals surface area contributed by atoms with Crippen LogP contribution in [-0.4, -0.2) is 6.54 Å². The second kappa shape index (κ2) is 5.28. The van der Waals surface area contributed by atoms with Crippen molar-refractivity contribution in [2.75, 3.05) is 11.9 Å². The van der Waals surface area contributed by atoms with Gasteiger partial charge in [-0.05, 0) is 25.5 Å². The van der Waals surface area contributed by atoms with E-state index in [1.54, 1.807) is 6.07 Å². The maximum atomic E-state index is 5.99. The highest BCUT2D eigenvalue weighted by atomic mass is 35.5. The molecule has 0 bridgehead atoms. The molecule has 0 aliphatic rings. The van der Waals surface area contributed by atoms with E-state index in [9.17, 15) is 0 Å². The highest BCUT2D eigenvalue weighted by molar-refractivity contribution is 6.43. The molecule has 0 atom stereocenters. The lowest BCUT2D eigenvalue weighted by atomic mass is 10.2. The fourth-order valence-electron chi connectivity index (χ4n) is 1.05. The predicted octanol–water partition coefficient (Wildman–Crippen LogP) is 4.37. The van der Waals surface area contributed by atoms with Crippen LogP contribution in [0.4, 0.5) is 5.69 Å². The van der Waals surface area contributed by atoms with E-state index >= 15 is 0 Å². The van der Waals surface area contributed by atoms with Crippen LogP contribution in [0.2, 0.25) is 10.0 Å². The number of hydrogen-bond acceptors (Lipinski definition) is 1. The Morgan fingerprint density at radius 2 is 2.14 bits per heavy atom. The van der Waals surface area contributed by atoms with Gasteiger partial charge in [-0.15, -0.1) is 6.58 Å². The minimum atomic E-state index is 0.576. The molecular formula is C11H13Cl2N. The van der Waals surface area contributed by atoms with Gasteiger partial charge < -0.3 is 5.32 Å². The Labute approximate surface area is 94.7 Å². The SMILES string of the molecule is C=C(C)CCNc1cccc(Cl)c1Cl. The highest BCUT2D eigenvalue weighted by Crippen LogP contribution is 2.29. The average Bonchev–Trinajstić information content (AvgIpc) is 2.12. The molecule has 1 aromatic rings. The van der Waals surface area contributed by atoms with Crippen molar-refractivity contribution < 1.29 is 0 Å².